The summed E-state index contributed by atoms with van der Waals surface area (Å²) in [6.45, 7) is 0. The minimum atomic E-state index is 0.626. The zero-order valence-corrected chi connectivity index (χ0v) is 32.9. The highest BCUT2D eigenvalue weighted by atomic mass is 32.1. The second-order valence-electron chi connectivity index (χ2n) is 14.9. The summed E-state index contributed by atoms with van der Waals surface area (Å²) >= 11 is 1.89. The van der Waals surface area contributed by atoms with E-state index in [9.17, 15) is 0 Å². The van der Waals surface area contributed by atoms with Gasteiger partial charge in [0.05, 0.1) is 11.2 Å². The molecule has 0 N–H and O–H groups in total. The first-order valence-electron chi connectivity index (χ1n) is 20.0. The molecule has 0 saturated heterocycles. The number of pyridine rings is 1. The number of rotatable bonds is 7. The Labute approximate surface area is 346 Å². The van der Waals surface area contributed by atoms with E-state index in [4.69, 9.17) is 19.9 Å². The van der Waals surface area contributed by atoms with Gasteiger partial charge in [0.1, 0.15) is 0 Å². The van der Waals surface area contributed by atoms with Crippen LogP contribution in [0.4, 0.5) is 0 Å². The standard InChI is InChI=1S/C54H36N4S/c1-4-12-35(13-5-1)37-20-26-41(27-21-37)52-56-53(42-28-22-38(23-29-42)36-14-6-2-7-15-36)58-54(57-52)43-30-24-39(25-31-43)44-32-33-45-47(34-44)55-50(40-16-8-3-9-17-40)49-46-18-10-11-19-48(46)59-51(45)49/h1-9,12-34H,10-11H2. The van der Waals surface area contributed by atoms with Crippen LogP contribution in [0.25, 0.3) is 112 Å². The lowest BCUT2D eigenvalue weighted by Gasteiger charge is -2.11. The van der Waals surface area contributed by atoms with Gasteiger partial charge in [0.25, 0.3) is 0 Å². The number of nitrogens with zero attached hydrogens (tertiary/aromatic N) is 4. The summed E-state index contributed by atoms with van der Waals surface area (Å²) in [4.78, 5) is 20.5. The summed E-state index contributed by atoms with van der Waals surface area (Å²) < 4.78 is 2.66. The van der Waals surface area contributed by atoms with Crippen LogP contribution in [-0.2, 0) is 0 Å². The molecule has 5 heteroatoms. The van der Waals surface area contributed by atoms with Gasteiger partial charge in [0.2, 0.25) is 0 Å². The summed E-state index contributed by atoms with van der Waals surface area (Å²) in [5, 5.41) is 3.80. The van der Waals surface area contributed by atoms with Crippen molar-refractivity contribution in [3.8, 4) is 78.8 Å². The van der Waals surface area contributed by atoms with Crippen molar-refractivity contribution in [3.05, 3.63) is 192 Å². The van der Waals surface area contributed by atoms with Crippen molar-refractivity contribution in [3.63, 3.8) is 0 Å². The van der Waals surface area contributed by atoms with Gasteiger partial charge in [0.15, 0.2) is 17.5 Å². The van der Waals surface area contributed by atoms with E-state index in [-0.39, 0.29) is 0 Å². The Morgan fingerprint density at radius 1 is 0.356 bits per heavy atom. The highest BCUT2D eigenvalue weighted by Gasteiger charge is 2.17. The number of aromatic nitrogens is 4. The molecular weight excluding hydrogens is 737 g/mol. The first-order valence-corrected chi connectivity index (χ1v) is 20.8. The quantitative estimate of drug-likeness (QED) is 0.162. The van der Waals surface area contributed by atoms with E-state index in [0.717, 1.165) is 68.6 Å². The van der Waals surface area contributed by atoms with E-state index in [1.807, 2.05) is 23.5 Å². The summed E-state index contributed by atoms with van der Waals surface area (Å²) in [6.07, 6.45) is 6.93. The molecule has 10 aromatic rings. The van der Waals surface area contributed by atoms with Crippen LogP contribution in [0.1, 0.15) is 12.8 Å². The van der Waals surface area contributed by atoms with Crippen molar-refractivity contribution in [1.29, 1.82) is 0 Å². The van der Waals surface area contributed by atoms with Crippen molar-refractivity contribution in [2.24, 2.45) is 0 Å². The van der Waals surface area contributed by atoms with Crippen molar-refractivity contribution in [2.75, 3.05) is 0 Å². The van der Waals surface area contributed by atoms with Gasteiger partial charge in [0, 0.05) is 42.3 Å². The molecule has 3 aromatic heterocycles. The maximum Gasteiger partial charge on any atom is 0.164 e. The average molecular weight is 773 g/mol. The summed E-state index contributed by atoms with van der Waals surface area (Å²) in [5.74, 6) is 1.89. The Bertz CT molecular complexity index is 3170. The third-order valence-electron chi connectivity index (χ3n) is 11.2. The molecule has 278 valence electrons. The van der Waals surface area contributed by atoms with Crippen LogP contribution in [-0.4, -0.2) is 19.9 Å². The zero-order valence-electron chi connectivity index (χ0n) is 32.1. The summed E-state index contributed by atoms with van der Waals surface area (Å²) in [6, 6.07) is 63.6. The SMILES string of the molecule is C1=c2sc3c(c(-c4ccccc4)nc4cc(-c5ccc(-c6nc(-c7ccc(-c8ccccc8)cc7)nc(-c7ccc(-c8ccccc8)cc7)n6)cc5)ccc43)c2=CCC1. The molecule has 0 aliphatic heterocycles. The van der Waals surface area contributed by atoms with Gasteiger partial charge in [-0.2, -0.15) is 0 Å². The molecule has 1 aliphatic rings. The van der Waals surface area contributed by atoms with E-state index < -0.39 is 0 Å². The fourth-order valence-electron chi connectivity index (χ4n) is 8.12. The minimum absolute atomic E-state index is 0.626. The first kappa shape index (κ1) is 34.9. The lowest BCUT2D eigenvalue weighted by atomic mass is 9.99. The van der Waals surface area contributed by atoms with E-state index >= 15 is 0 Å². The molecule has 1 aliphatic carbocycles. The fourth-order valence-corrected chi connectivity index (χ4v) is 9.43. The predicted molar refractivity (Wildman–Crippen MR) is 246 cm³/mol. The van der Waals surface area contributed by atoms with Crippen LogP contribution in [0, 0.1) is 0 Å². The van der Waals surface area contributed by atoms with Crippen LogP contribution in [0.2, 0.25) is 0 Å². The molecule has 11 rings (SSSR count). The molecule has 0 amide bonds. The van der Waals surface area contributed by atoms with Crippen LogP contribution in [0.3, 0.4) is 0 Å². The number of thiophene rings is 1. The molecule has 0 bridgehead atoms. The summed E-state index contributed by atoms with van der Waals surface area (Å²) in [5.41, 5.74) is 12.8. The molecule has 0 saturated carbocycles. The van der Waals surface area contributed by atoms with Gasteiger partial charge < -0.3 is 0 Å². The van der Waals surface area contributed by atoms with E-state index in [2.05, 4.69) is 182 Å². The second kappa shape index (κ2) is 14.9. The van der Waals surface area contributed by atoms with E-state index in [0.29, 0.717) is 17.5 Å². The summed E-state index contributed by atoms with van der Waals surface area (Å²) in [7, 11) is 0. The van der Waals surface area contributed by atoms with Gasteiger partial charge in [-0.3, -0.25) is 0 Å². The Morgan fingerprint density at radius 3 is 1.27 bits per heavy atom. The number of fused-ring (bicyclic) bond motifs is 5. The first-order chi connectivity index (χ1) is 29.2. The van der Waals surface area contributed by atoms with Crippen LogP contribution in [0.5, 0.6) is 0 Å². The van der Waals surface area contributed by atoms with Crippen molar-refractivity contribution < 1.29 is 0 Å². The Hall–Kier alpha value is -7.34. The number of hydrogen-bond donors (Lipinski definition) is 0. The fraction of sp³-hybridized carbons (Fsp3) is 0.0370. The maximum absolute atomic E-state index is 5.37. The molecule has 0 unspecified atom stereocenters. The molecule has 7 aromatic carbocycles. The van der Waals surface area contributed by atoms with Crippen LogP contribution in [0.15, 0.2) is 182 Å². The average Bonchev–Trinajstić information content (AvgIpc) is 3.72. The van der Waals surface area contributed by atoms with Gasteiger partial charge in [-0.25, -0.2) is 19.9 Å². The molecule has 0 fully saturated rings. The highest BCUT2D eigenvalue weighted by Crippen LogP contribution is 2.36. The molecule has 4 nitrogen and oxygen atoms in total. The molecular formula is C54H36N4S. The lowest BCUT2D eigenvalue weighted by Crippen LogP contribution is -2.21. The topological polar surface area (TPSA) is 51.6 Å². The molecule has 3 heterocycles. The Kier molecular flexibility index (Phi) is 8.79. The number of hydrogen-bond acceptors (Lipinski definition) is 5. The highest BCUT2D eigenvalue weighted by molar-refractivity contribution is 7.18. The van der Waals surface area contributed by atoms with Gasteiger partial charge in [-0.05, 0) is 57.5 Å². The minimum Gasteiger partial charge on any atom is -0.247 e. The van der Waals surface area contributed by atoms with Gasteiger partial charge in [-0.1, -0.05) is 188 Å². The largest absolute Gasteiger partial charge is 0.247 e. The van der Waals surface area contributed by atoms with Gasteiger partial charge in [-0.15, -0.1) is 11.3 Å². The second-order valence-corrected chi connectivity index (χ2v) is 16.0. The van der Waals surface area contributed by atoms with E-state index in [1.165, 1.54) is 36.4 Å². The van der Waals surface area contributed by atoms with Crippen molar-refractivity contribution in [2.45, 2.75) is 12.8 Å². The van der Waals surface area contributed by atoms with Crippen LogP contribution < -0.4 is 9.75 Å². The molecule has 0 radical (unpaired) electrons. The molecule has 0 spiro atoms. The normalized spacial score (nSPS) is 12.2. The molecule has 0 atom stereocenters. The Balaban J connectivity index is 0.981. The van der Waals surface area contributed by atoms with Crippen LogP contribution >= 0.6 is 11.3 Å². The van der Waals surface area contributed by atoms with Crippen molar-refractivity contribution >= 4 is 44.5 Å². The molecule has 59 heavy (non-hydrogen) atoms. The number of benzene rings is 7. The van der Waals surface area contributed by atoms with Gasteiger partial charge >= 0.3 is 0 Å². The Morgan fingerprint density at radius 2 is 0.763 bits per heavy atom. The smallest absolute Gasteiger partial charge is 0.164 e. The van der Waals surface area contributed by atoms with Crippen molar-refractivity contribution in [1.82, 2.24) is 19.9 Å². The maximum atomic E-state index is 5.37. The monoisotopic (exact) mass is 772 g/mol. The zero-order chi connectivity index (χ0) is 39.1. The lowest BCUT2D eigenvalue weighted by molar-refractivity contribution is 1.07. The van der Waals surface area contributed by atoms with E-state index in [1.54, 1.807) is 0 Å². The third-order valence-corrected chi connectivity index (χ3v) is 12.4. The predicted octanol–water partition coefficient (Wildman–Crippen LogP) is 12.7. The third kappa shape index (κ3) is 6.62.